The molecule has 7 heteroatoms. The van der Waals surface area contributed by atoms with Gasteiger partial charge in [-0.3, -0.25) is 4.90 Å². The summed E-state index contributed by atoms with van der Waals surface area (Å²) in [4.78, 5) is 2.08. The van der Waals surface area contributed by atoms with E-state index in [0.29, 0.717) is 19.6 Å². The summed E-state index contributed by atoms with van der Waals surface area (Å²) in [7, 11) is -0.0660. The highest BCUT2D eigenvalue weighted by molar-refractivity contribution is 7.87. The van der Waals surface area contributed by atoms with E-state index in [-0.39, 0.29) is 11.9 Å². The first-order chi connectivity index (χ1) is 8.94. The van der Waals surface area contributed by atoms with Crippen molar-refractivity contribution in [1.82, 2.24) is 13.9 Å². The molecule has 1 aliphatic rings. The van der Waals surface area contributed by atoms with Crippen LogP contribution in [0.5, 0.6) is 0 Å². The van der Waals surface area contributed by atoms with Crippen LogP contribution in [-0.4, -0.2) is 51.4 Å². The first kappa shape index (κ1) is 14.4. The third-order valence-corrected chi connectivity index (χ3v) is 4.99. The second-order valence-electron chi connectivity index (χ2n) is 4.62. The van der Waals surface area contributed by atoms with E-state index in [1.54, 1.807) is 12.1 Å². The van der Waals surface area contributed by atoms with Crippen LogP contribution in [0.3, 0.4) is 0 Å². The molecule has 19 heavy (non-hydrogen) atoms. The summed E-state index contributed by atoms with van der Waals surface area (Å²) < 4.78 is 40.3. The summed E-state index contributed by atoms with van der Waals surface area (Å²) in [5, 5.41) is 0. The summed E-state index contributed by atoms with van der Waals surface area (Å²) in [6, 6.07) is 6.14. The number of nitrogens with zero attached hydrogens (tertiary/aromatic N) is 2. The van der Waals surface area contributed by atoms with E-state index in [0.717, 1.165) is 5.56 Å². The molecule has 1 heterocycles. The fourth-order valence-electron chi connectivity index (χ4n) is 2.24. The van der Waals surface area contributed by atoms with Gasteiger partial charge in [-0.25, -0.2) is 9.11 Å². The topological polar surface area (TPSA) is 52.7 Å². The maximum absolute atomic E-state index is 12.9. The molecule has 106 valence electrons. The van der Waals surface area contributed by atoms with Gasteiger partial charge in [0.15, 0.2) is 0 Å². The predicted octanol–water partition coefficient (Wildman–Crippen LogP) is 0.578. The lowest BCUT2D eigenvalue weighted by molar-refractivity contribution is 0.147. The average molecular weight is 287 g/mol. The Morgan fingerprint density at radius 1 is 1.26 bits per heavy atom. The molecular weight excluding hydrogens is 269 g/mol. The Morgan fingerprint density at radius 2 is 1.89 bits per heavy atom. The van der Waals surface area contributed by atoms with Gasteiger partial charge in [0.2, 0.25) is 0 Å². The maximum atomic E-state index is 12.9. The zero-order valence-electron chi connectivity index (χ0n) is 11.0. The minimum absolute atomic E-state index is 0.0579. The molecule has 0 radical (unpaired) electrons. The number of rotatable bonds is 3. The van der Waals surface area contributed by atoms with Crippen LogP contribution < -0.4 is 4.72 Å². The smallest absolute Gasteiger partial charge is 0.279 e. The number of benzene rings is 1. The summed E-state index contributed by atoms with van der Waals surface area (Å²) in [5.74, 6) is -0.290. The Morgan fingerprint density at radius 3 is 2.47 bits per heavy atom. The molecule has 0 aromatic heterocycles. The quantitative estimate of drug-likeness (QED) is 0.885. The minimum atomic E-state index is -3.41. The van der Waals surface area contributed by atoms with Gasteiger partial charge in [-0.1, -0.05) is 12.1 Å². The van der Waals surface area contributed by atoms with Crippen LogP contribution in [0.2, 0.25) is 0 Å². The van der Waals surface area contributed by atoms with Crippen LogP contribution in [0.25, 0.3) is 0 Å². The highest BCUT2D eigenvalue weighted by atomic mass is 32.2. The van der Waals surface area contributed by atoms with Crippen LogP contribution in [0.1, 0.15) is 11.6 Å². The number of piperazine rings is 1. The van der Waals surface area contributed by atoms with Gasteiger partial charge in [-0.05, 0) is 24.7 Å². The Balaban J connectivity index is 2.22. The van der Waals surface area contributed by atoms with Crippen LogP contribution >= 0.6 is 0 Å². The highest BCUT2D eigenvalue weighted by Crippen LogP contribution is 2.25. The van der Waals surface area contributed by atoms with Crippen molar-refractivity contribution in [1.29, 1.82) is 0 Å². The molecule has 0 amide bonds. The third-order valence-electron chi connectivity index (χ3n) is 3.46. The van der Waals surface area contributed by atoms with E-state index in [2.05, 4.69) is 9.62 Å². The van der Waals surface area contributed by atoms with Gasteiger partial charge < -0.3 is 0 Å². The van der Waals surface area contributed by atoms with Crippen molar-refractivity contribution in [3.63, 3.8) is 0 Å². The molecule has 2 rings (SSSR count). The molecule has 1 fully saturated rings. The minimum Gasteiger partial charge on any atom is -0.297 e. The Bertz CT molecular complexity index is 532. The number of hydrogen-bond donors (Lipinski definition) is 1. The highest BCUT2D eigenvalue weighted by Gasteiger charge is 2.31. The Labute approximate surface area is 113 Å². The van der Waals surface area contributed by atoms with Crippen molar-refractivity contribution >= 4 is 10.2 Å². The van der Waals surface area contributed by atoms with Crippen molar-refractivity contribution in [2.45, 2.75) is 6.04 Å². The number of nitrogens with one attached hydrogen (secondary N) is 1. The molecule has 1 aromatic carbocycles. The van der Waals surface area contributed by atoms with E-state index in [1.165, 1.54) is 23.5 Å². The summed E-state index contributed by atoms with van der Waals surface area (Å²) in [5.41, 5.74) is 0.917. The molecule has 5 nitrogen and oxygen atoms in total. The van der Waals surface area contributed by atoms with Crippen molar-refractivity contribution in [2.75, 3.05) is 33.7 Å². The summed E-state index contributed by atoms with van der Waals surface area (Å²) in [6.45, 7) is 1.46. The van der Waals surface area contributed by atoms with Gasteiger partial charge in [0, 0.05) is 32.7 Å². The van der Waals surface area contributed by atoms with Crippen molar-refractivity contribution in [3.8, 4) is 0 Å². The zero-order valence-corrected chi connectivity index (χ0v) is 11.8. The van der Waals surface area contributed by atoms with E-state index in [9.17, 15) is 12.8 Å². The number of halogens is 1. The SMILES string of the molecule is CNS(=O)(=O)N1CCN(C)C(c2ccc(F)cc2)C1. The summed E-state index contributed by atoms with van der Waals surface area (Å²) >= 11 is 0. The van der Waals surface area contributed by atoms with Crippen molar-refractivity contribution in [2.24, 2.45) is 0 Å². The zero-order chi connectivity index (χ0) is 14.0. The second kappa shape index (κ2) is 5.54. The molecule has 0 bridgehead atoms. The van der Waals surface area contributed by atoms with Crippen LogP contribution in [0.4, 0.5) is 4.39 Å². The van der Waals surface area contributed by atoms with Crippen LogP contribution in [0.15, 0.2) is 24.3 Å². The van der Waals surface area contributed by atoms with Gasteiger partial charge in [-0.2, -0.15) is 12.7 Å². The monoisotopic (exact) mass is 287 g/mol. The van der Waals surface area contributed by atoms with E-state index in [4.69, 9.17) is 0 Å². The molecule has 1 unspecified atom stereocenters. The van der Waals surface area contributed by atoms with Gasteiger partial charge >= 0.3 is 0 Å². The van der Waals surface area contributed by atoms with Gasteiger partial charge in [0.25, 0.3) is 10.2 Å². The number of likely N-dealkylation sites (N-methyl/N-ethyl adjacent to an activating group) is 1. The van der Waals surface area contributed by atoms with Crippen LogP contribution in [0, 0.1) is 5.82 Å². The normalized spacial score (nSPS) is 22.6. The average Bonchev–Trinajstić information content (AvgIpc) is 2.40. The fraction of sp³-hybridized carbons (Fsp3) is 0.500. The van der Waals surface area contributed by atoms with E-state index >= 15 is 0 Å². The summed E-state index contributed by atoms with van der Waals surface area (Å²) in [6.07, 6.45) is 0. The molecule has 0 spiro atoms. The molecule has 0 aliphatic carbocycles. The molecule has 1 atom stereocenters. The second-order valence-corrected chi connectivity index (χ2v) is 6.49. The first-order valence-electron chi connectivity index (χ1n) is 6.08. The van der Waals surface area contributed by atoms with E-state index < -0.39 is 10.2 Å². The Kier molecular flexibility index (Phi) is 4.19. The molecule has 1 N–H and O–H groups in total. The van der Waals surface area contributed by atoms with Gasteiger partial charge in [-0.15, -0.1) is 0 Å². The lowest BCUT2D eigenvalue weighted by atomic mass is 10.0. The fourth-order valence-corrected chi connectivity index (χ4v) is 3.16. The molecule has 1 aromatic rings. The molecule has 1 saturated heterocycles. The van der Waals surface area contributed by atoms with Crippen molar-refractivity contribution < 1.29 is 12.8 Å². The Hall–Kier alpha value is -1.02. The lowest BCUT2D eigenvalue weighted by Gasteiger charge is -2.38. The van der Waals surface area contributed by atoms with Crippen molar-refractivity contribution in [3.05, 3.63) is 35.6 Å². The molecule has 0 saturated carbocycles. The standard InChI is InChI=1S/C12H18FN3O2S/c1-14-19(17,18)16-8-7-15(2)12(9-16)10-3-5-11(13)6-4-10/h3-6,12,14H,7-9H2,1-2H3. The first-order valence-corrected chi connectivity index (χ1v) is 7.52. The van der Waals surface area contributed by atoms with Gasteiger partial charge in [0.05, 0.1) is 0 Å². The number of hydrogen-bond acceptors (Lipinski definition) is 3. The predicted molar refractivity (Wildman–Crippen MR) is 71.3 cm³/mol. The lowest BCUT2D eigenvalue weighted by Crippen LogP contribution is -2.51. The van der Waals surface area contributed by atoms with Gasteiger partial charge in [0.1, 0.15) is 5.82 Å². The maximum Gasteiger partial charge on any atom is 0.279 e. The largest absolute Gasteiger partial charge is 0.297 e. The van der Waals surface area contributed by atoms with Crippen LogP contribution in [-0.2, 0) is 10.2 Å². The third kappa shape index (κ3) is 3.11. The van der Waals surface area contributed by atoms with E-state index in [1.807, 2.05) is 7.05 Å². The molecular formula is C12H18FN3O2S. The molecule has 1 aliphatic heterocycles.